The van der Waals surface area contributed by atoms with Crippen molar-refractivity contribution in [1.82, 2.24) is 4.90 Å². The summed E-state index contributed by atoms with van der Waals surface area (Å²) in [5.74, 6) is 0.879. The van der Waals surface area contributed by atoms with Gasteiger partial charge in [0.2, 0.25) is 0 Å². The minimum atomic E-state index is 0.0266. The molecule has 0 amide bonds. The van der Waals surface area contributed by atoms with Crippen LogP contribution in [0.4, 0.5) is 0 Å². The van der Waals surface area contributed by atoms with E-state index in [1.807, 2.05) is 0 Å². The molecule has 2 fully saturated rings. The number of hydrogen-bond acceptors (Lipinski definition) is 3. The van der Waals surface area contributed by atoms with Gasteiger partial charge in [0.25, 0.3) is 0 Å². The lowest BCUT2D eigenvalue weighted by Crippen LogP contribution is -2.47. The van der Waals surface area contributed by atoms with Gasteiger partial charge in [0.1, 0.15) is 0 Å². The Morgan fingerprint density at radius 2 is 2.12 bits per heavy atom. The quantitative estimate of drug-likeness (QED) is 0.793. The summed E-state index contributed by atoms with van der Waals surface area (Å²) in [6.45, 7) is 7.65. The second kappa shape index (κ2) is 5.48. The van der Waals surface area contributed by atoms with Gasteiger partial charge in [0.15, 0.2) is 0 Å². The van der Waals surface area contributed by atoms with Crippen molar-refractivity contribution in [2.45, 2.75) is 32.6 Å². The predicted molar refractivity (Wildman–Crippen MR) is 64.4 cm³/mol. The highest BCUT2D eigenvalue weighted by molar-refractivity contribution is 4.86. The zero-order valence-corrected chi connectivity index (χ0v) is 10.5. The highest BCUT2D eigenvalue weighted by atomic mass is 16.5. The Bertz CT molecular complexity index is 206. The van der Waals surface area contributed by atoms with E-state index < -0.39 is 0 Å². The molecule has 2 heterocycles. The van der Waals surface area contributed by atoms with E-state index in [2.05, 4.69) is 11.8 Å². The summed E-state index contributed by atoms with van der Waals surface area (Å²) in [6, 6.07) is 0. The van der Waals surface area contributed by atoms with E-state index in [0.29, 0.717) is 0 Å². The lowest BCUT2D eigenvalue weighted by molar-refractivity contribution is -0.0586. The van der Waals surface area contributed by atoms with Crippen LogP contribution in [0.2, 0.25) is 0 Å². The Morgan fingerprint density at radius 1 is 1.38 bits per heavy atom. The lowest BCUT2D eigenvalue weighted by Gasteiger charge is -2.41. The molecular formula is C13H25NO2. The van der Waals surface area contributed by atoms with E-state index in [1.54, 1.807) is 0 Å². The SMILES string of the molecule is CC1CCN(CC2(CO)CCCOC2)CC1. The summed E-state index contributed by atoms with van der Waals surface area (Å²) < 4.78 is 5.55. The fourth-order valence-corrected chi connectivity index (χ4v) is 2.90. The van der Waals surface area contributed by atoms with Crippen molar-refractivity contribution >= 4 is 0 Å². The standard InChI is InChI=1S/C13H25NO2/c1-12-3-6-14(7-4-12)9-13(10-15)5-2-8-16-11-13/h12,15H,2-11H2,1H3. The Hall–Kier alpha value is -0.120. The molecule has 0 aromatic carbocycles. The van der Waals surface area contributed by atoms with E-state index in [1.165, 1.54) is 25.9 Å². The first-order valence-electron chi connectivity index (χ1n) is 6.65. The van der Waals surface area contributed by atoms with Gasteiger partial charge in [-0.05, 0) is 44.7 Å². The zero-order chi connectivity index (χ0) is 11.4. The average Bonchev–Trinajstić information content (AvgIpc) is 2.33. The first-order valence-corrected chi connectivity index (χ1v) is 6.65. The number of piperidine rings is 1. The van der Waals surface area contributed by atoms with Gasteiger partial charge in [-0.15, -0.1) is 0 Å². The van der Waals surface area contributed by atoms with E-state index in [9.17, 15) is 5.11 Å². The fraction of sp³-hybridized carbons (Fsp3) is 1.00. The lowest BCUT2D eigenvalue weighted by atomic mass is 9.82. The summed E-state index contributed by atoms with van der Waals surface area (Å²) in [5.41, 5.74) is 0.0266. The molecule has 0 saturated carbocycles. The van der Waals surface area contributed by atoms with Crippen LogP contribution in [0, 0.1) is 11.3 Å². The smallest absolute Gasteiger partial charge is 0.0556 e. The molecule has 0 aromatic rings. The molecule has 1 unspecified atom stereocenters. The molecule has 2 aliphatic heterocycles. The first kappa shape index (κ1) is 12.3. The van der Waals surface area contributed by atoms with E-state index in [0.717, 1.165) is 38.5 Å². The predicted octanol–water partition coefficient (Wildman–Crippen LogP) is 1.51. The Morgan fingerprint density at radius 3 is 2.69 bits per heavy atom. The Labute approximate surface area is 98.8 Å². The molecule has 3 heteroatoms. The van der Waals surface area contributed by atoms with Crippen LogP contribution < -0.4 is 0 Å². The van der Waals surface area contributed by atoms with Gasteiger partial charge in [-0.25, -0.2) is 0 Å². The molecule has 0 bridgehead atoms. The second-order valence-electron chi connectivity index (χ2n) is 5.77. The van der Waals surface area contributed by atoms with Crippen molar-refractivity contribution in [3.8, 4) is 0 Å². The van der Waals surface area contributed by atoms with Crippen LogP contribution >= 0.6 is 0 Å². The number of likely N-dealkylation sites (tertiary alicyclic amines) is 1. The highest BCUT2D eigenvalue weighted by Gasteiger charge is 2.34. The third kappa shape index (κ3) is 2.96. The van der Waals surface area contributed by atoms with Crippen LogP contribution in [0.5, 0.6) is 0 Å². The Kier molecular flexibility index (Phi) is 4.22. The molecule has 94 valence electrons. The maximum atomic E-state index is 9.62. The third-order valence-corrected chi connectivity index (χ3v) is 4.17. The van der Waals surface area contributed by atoms with Gasteiger partial charge in [-0.1, -0.05) is 6.92 Å². The van der Waals surface area contributed by atoms with Gasteiger partial charge in [0, 0.05) is 18.6 Å². The van der Waals surface area contributed by atoms with Crippen LogP contribution in [-0.2, 0) is 4.74 Å². The van der Waals surface area contributed by atoms with E-state index in [-0.39, 0.29) is 12.0 Å². The maximum Gasteiger partial charge on any atom is 0.0556 e. The summed E-state index contributed by atoms with van der Waals surface area (Å²) in [6.07, 6.45) is 4.84. The maximum absolute atomic E-state index is 9.62. The number of ether oxygens (including phenoxy) is 1. The topological polar surface area (TPSA) is 32.7 Å². The molecule has 0 radical (unpaired) electrons. The van der Waals surface area contributed by atoms with E-state index in [4.69, 9.17) is 4.74 Å². The van der Waals surface area contributed by atoms with Crippen LogP contribution in [-0.4, -0.2) is 49.5 Å². The summed E-state index contributed by atoms with van der Waals surface area (Å²) in [7, 11) is 0. The molecule has 16 heavy (non-hydrogen) atoms. The molecule has 2 rings (SSSR count). The number of nitrogens with zero attached hydrogens (tertiary/aromatic N) is 1. The average molecular weight is 227 g/mol. The van der Waals surface area contributed by atoms with Gasteiger partial charge in [0.05, 0.1) is 13.2 Å². The molecule has 1 atom stereocenters. The summed E-state index contributed by atoms with van der Waals surface area (Å²) >= 11 is 0. The van der Waals surface area contributed by atoms with Crippen molar-refractivity contribution in [3.63, 3.8) is 0 Å². The molecule has 2 aliphatic rings. The van der Waals surface area contributed by atoms with Crippen molar-refractivity contribution in [1.29, 1.82) is 0 Å². The van der Waals surface area contributed by atoms with E-state index >= 15 is 0 Å². The number of rotatable bonds is 3. The largest absolute Gasteiger partial charge is 0.396 e. The molecule has 3 nitrogen and oxygen atoms in total. The summed E-state index contributed by atoms with van der Waals surface area (Å²) in [5, 5.41) is 9.62. The number of hydrogen-bond donors (Lipinski definition) is 1. The van der Waals surface area contributed by atoms with Crippen LogP contribution in [0.25, 0.3) is 0 Å². The second-order valence-corrected chi connectivity index (χ2v) is 5.77. The van der Waals surface area contributed by atoms with Crippen molar-refractivity contribution in [3.05, 3.63) is 0 Å². The Balaban J connectivity index is 1.86. The van der Waals surface area contributed by atoms with Crippen molar-refractivity contribution < 1.29 is 9.84 Å². The van der Waals surface area contributed by atoms with Crippen LogP contribution in [0.1, 0.15) is 32.6 Å². The highest BCUT2D eigenvalue weighted by Crippen LogP contribution is 2.30. The van der Waals surface area contributed by atoms with Crippen LogP contribution in [0.3, 0.4) is 0 Å². The van der Waals surface area contributed by atoms with Gasteiger partial charge in [-0.3, -0.25) is 0 Å². The van der Waals surface area contributed by atoms with Gasteiger partial charge < -0.3 is 14.7 Å². The molecular weight excluding hydrogens is 202 g/mol. The summed E-state index contributed by atoms with van der Waals surface area (Å²) in [4.78, 5) is 2.52. The first-order chi connectivity index (χ1) is 7.74. The minimum Gasteiger partial charge on any atom is -0.396 e. The minimum absolute atomic E-state index is 0.0266. The van der Waals surface area contributed by atoms with Crippen molar-refractivity contribution in [2.75, 3.05) is 39.5 Å². The van der Waals surface area contributed by atoms with Crippen LogP contribution in [0.15, 0.2) is 0 Å². The monoisotopic (exact) mass is 227 g/mol. The van der Waals surface area contributed by atoms with Crippen molar-refractivity contribution in [2.24, 2.45) is 11.3 Å². The normalized spacial score (nSPS) is 34.1. The molecule has 0 aromatic heterocycles. The molecule has 0 spiro atoms. The molecule has 2 saturated heterocycles. The zero-order valence-electron chi connectivity index (χ0n) is 10.5. The number of aliphatic hydroxyl groups excluding tert-OH is 1. The van der Waals surface area contributed by atoms with Gasteiger partial charge >= 0.3 is 0 Å². The van der Waals surface area contributed by atoms with Gasteiger partial charge in [-0.2, -0.15) is 0 Å². The third-order valence-electron chi connectivity index (χ3n) is 4.17. The fourth-order valence-electron chi connectivity index (χ4n) is 2.90. The number of aliphatic hydroxyl groups is 1. The molecule has 0 aliphatic carbocycles. The molecule has 1 N–H and O–H groups in total.